The van der Waals surface area contributed by atoms with Gasteiger partial charge in [0.15, 0.2) is 22.3 Å². The lowest BCUT2D eigenvalue weighted by Crippen LogP contribution is -2.20. The second-order valence-corrected chi connectivity index (χ2v) is 6.48. The predicted octanol–water partition coefficient (Wildman–Crippen LogP) is 4.45. The number of methoxy groups -OCH3 is 1. The maximum absolute atomic E-state index is 12.2. The summed E-state index contributed by atoms with van der Waals surface area (Å²) in [5, 5.41) is 3.88. The summed E-state index contributed by atoms with van der Waals surface area (Å²) >= 11 is 23.8. The summed E-state index contributed by atoms with van der Waals surface area (Å²) in [4.78, 5) is 16.0. The number of rotatable bonds is 6. The van der Waals surface area contributed by atoms with Gasteiger partial charge in [0.2, 0.25) is 0 Å². The number of nitrogens with two attached hydrogens (primary N) is 1. The Labute approximate surface area is 175 Å². The van der Waals surface area contributed by atoms with Gasteiger partial charge in [-0.25, -0.2) is 10.4 Å². The second kappa shape index (κ2) is 9.32. The summed E-state index contributed by atoms with van der Waals surface area (Å²) in [6.45, 7) is 2.25. The van der Waals surface area contributed by atoms with Crippen LogP contribution in [0.2, 0.25) is 20.2 Å². The van der Waals surface area contributed by atoms with Crippen molar-refractivity contribution >= 4 is 64.2 Å². The molecule has 0 bridgehead atoms. The Morgan fingerprint density at radius 2 is 2.00 bits per heavy atom. The molecular formula is C16H14Cl4N4O3. The highest BCUT2D eigenvalue weighted by Crippen LogP contribution is 2.36. The topological polar surface area (TPSA) is 98.8 Å². The molecule has 144 valence electrons. The fraction of sp³-hybridized carbons (Fsp3) is 0.188. The smallest absolute Gasteiger partial charge is 0.291 e. The van der Waals surface area contributed by atoms with Gasteiger partial charge in [-0.15, -0.1) is 0 Å². The maximum Gasteiger partial charge on any atom is 0.291 e. The minimum Gasteiger partial charge on any atom is -0.491 e. The van der Waals surface area contributed by atoms with Gasteiger partial charge < -0.3 is 15.2 Å². The lowest BCUT2D eigenvalue weighted by molar-refractivity contribution is 0.0950. The van der Waals surface area contributed by atoms with E-state index in [0.717, 1.165) is 0 Å². The zero-order chi connectivity index (χ0) is 20.1. The van der Waals surface area contributed by atoms with Crippen molar-refractivity contribution < 1.29 is 14.3 Å². The Bertz CT molecular complexity index is 906. The average Bonchev–Trinajstić information content (AvgIpc) is 2.63. The number of nitrogens with zero attached hydrogens (tertiary/aromatic N) is 2. The summed E-state index contributed by atoms with van der Waals surface area (Å²) in [5.74, 6) is 0.135. The number of pyridine rings is 1. The predicted molar refractivity (Wildman–Crippen MR) is 108 cm³/mol. The standard InChI is InChI=1S/C16H14Cl4N4O3/c1-3-27-9-5-7(4-8(17)14(9)26-2)6-22-24-16(25)13-10(18)12(21)11(19)15(20)23-13/h4-6H,3H2,1-2H3,(H2,21,23)(H,24,25)/b22-6+. The third kappa shape index (κ3) is 4.87. The van der Waals surface area contributed by atoms with Crippen LogP contribution < -0.4 is 20.6 Å². The van der Waals surface area contributed by atoms with Crippen LogP contribution >= 0.6 is 46.4 Å². The van der Waals surface area contributed by atoms with Gasteiger partial charge in [-0.2, -0.15) is 5.10 Å². The van der Waals surface area contributed by atoms with E-state index in [1.807, 2.05) is 6.92 Å². The van der Waals surface area contributed by atoms with Crippen LogP contribution in [-0.2, 0) is 0 Å². The van der Waals surface area contributed by atoms with Crippen molar-refractivity contribution in [1.82, 2.24) is 10.4 Å². The van der Waals surface area contributed by atoms with E-state index in [4.69, 9.17) is 61.6 Å². The first-order valence-corrected chi connectivity index (χ1v) is 8.95. The van der Waals surface area contributed by atoms with E-state index in [1.54, 1.807) is 12.1 Å². The van der Waals surface area contributed by atoms with Crippen molar-refractivity contribution in [3.05, 3.63) is 43.6 Å². The number of nitrogens with one attached hydrogen (secondary N) is 1. The first-order chi connectivity index (χ1) is 12.8. The van der Waals surface area contributed by atoms with Gasteiger partial charge in [0.1, 0.15) is 5.02 Å². The van der Waals surface area contributed by atoms with E-state index in [9.17, 15) is 4.79 Å². The molecule has 2 aromatic rings. The van der Waals surface area contributed by atoms with Crippen LogP contribution in [0.15, 0.2) is 17.2 Å². The number of hydrazone groups is 1. The first kappa shape index (κ1) is 21.4. The molecule has 1 heterocycles. The van der Waals surface area contributed by atoms with Crippen molar-refractivity contribution in [3.8, 4) is 11.5 Å². The average molecular weight is 452 g/mol. The van der Waals surface area contributed by atoms with E-state index in [-0.39, 0.29) is 26.6 Å². The molecule has 0 aliphatic carbocycles. The summed E-state index contributed by atoms with van der Waals surface area (Å²) in [7, 11) is 1.48. The van der Waals surface area contributed by atoms with Gasteiger partial charge >= 0.3 is 0 Å². The third-order valence-corrected chi connectivity index (χ3v) is 4.62. The first-order valence-electron chi connectivity index (χ1n) is 7.43. The Kier molecular flexibility index (Phi) is 7.38. The summed E-state index contributed by atoms with van der Waals surface area (Å²) in [5.41, 5.74) is 8.27. The number of hydrogen-bond acceptors (Lipinski definition) is 6. The van der Waals surface area contributed by atoms with Gasteiger partial charge in [-0.05, 0) is 24.6 Å². The number of aromatic nitrogens is 1. The number of carbonyl (C=O) groups is 1. The molecule has 0 radical (unpaired) electrons. The summed E-state index contributed by atoms with van der Waals surface area (Å²) in [6, 6.07) is 3.26. The minimum absolute atomic E-state index is 0.0296. The van der Waals surface area contributed by atoms with Crippen molar-refractivity contribution in [2.45, 2.75) is 6.92 Å². The molecule has 11 heteroatoms. The number of nitrogen functional groups attached to an aromatic ring is 1. The molecule has 2 rings (SSSR count). The van der Waals surface area contributed by atoms with Crippen LogP contribution in [0.25, 0.3) is 0 Å². The van der Waals surface area contributed by atoms with Crippen LogP contribution in [0.1, 0.15) is 23.0 Å². The van der Waals surface area contributed by atoms with Crippen LogP contribution in [0.5, 0.6) is 11.5 Å². The van der Waals surface area contributed by atoms with Gasteiger partial charge in [0.05, 0.1) is 35.7 Å². The lowest BCUT2D eigenvalue weighted by atomic mass is 10.2. The molecule has 0 spiro atoms. The highest BCUT2D eigenvalue weighted by atomic mass is 35.5. The maximum atomic E-state index is 12.2. The molecule has 0 fully saturated rings. The zero-order valence-electron chi connectivity index (χ0n) is 14.1. The molecule has 1 aromatic carbocycles. The van der Waals surface area contributed by atoms with Gasteiger partial charge in [0, 0.05) is 0 Å². The minimum atomic E-state index is -0.717. The van der Waals surface area contributed by atoms with Gasteiger partial charge in [-0.1, -0.05) is 46.4 Å². The highest BCUT2D eigenvalue weighted by Gasteiger charge is 2.19. The molecule has 1 aromatic heterocycles. The number of halogens is 4. The molecule has 0 atom stereocenters. The molecule has 0 aliphatic heterocycles. The Morgan fingerprint density at radius 3 is 2.63 bits per heavy atom. The number of benzene rings is 1. The Morgan fingerprint density at radius 1 is 1.30 bits per heavy atom. The van der Waals surface area contributed by atoms with Crippen molar-refractivity contribution in [2.75, 3.05) is 19.5 Å². The van der Waals surface area contributed by atoms with E-state index < -0.39 is 5.91 Å². The van der Waals surface area contributed by atoms with Crippen LogP contribution in [-0.4, -0.2) is 30.8 Å². The van der Waals surface area contributed by atoms with Crippen LogP contribution in [0, 0.1) is 0 Å². The second-order valence-electron chi connectivity index (χ2n) is 4.96. The van der Waals surface area contributed by atoms with E-state index in [1.165, 1.54) is 13.3 Å². The molecule has 0 unspecified atom stereocenters. The number of hydrogen-bond donors (Lipinski definition) is 2. The summed E-state index contributed by atoms with van der Waals surface area (Å²) in [6.07, 6.45) is 1.36. The van der Waals surface area contributed by atoms with Crippen molar-refractivity contribution in [3.63, 3.8) is 0 Å². The lowest BCUT2D eigenvalue weighted by Gasteiger charge is -2.11. The molecule has 7 nitrogen and oxygen atoms in total. The number of anilines is 1. The molecule has 3 N–H and O–H groups in total. The zero-order valence-corrected chi connectivity index (χ0v) is 17.2. The van der Waals surface area contributed by atoms with E-state index in [0.29, 0.717) is 28.7 Å². The van der Waals surface area contributed by atoms with E-state index >= 15 is 0 Å². The third-order valence-electron chi connectivity index (χ3n) is 3.20. The molecule has 0 aliphatic rings. The van der Waals surface area contributed by atoms with Crippen LogP contribution in [0.3, 0.4) is 0 Å². The quantitative estimate of drug-likeness (QED) is 0.384. The van der Waals surface area contributed by atoms with Crippen LogP contribution in [0.4, 0.5) is 5.69 Å². The molecule has 0 saturated heterocycles. The molecule has 27 heavy (non-hydrogen) atoms. The Hall–Kier alpha value is -1.93. The molecule has 0 saturated carbocycles. The monoisotopic (exact) mass is 450 g/mol. The highest BCUT2D eigenvalue weighted by molar-refractivity contribution is 6.46. The number of amides is 1. The molecule has 1 amide bonds. The van der Waals surface area contributed by atoms with Crippen molar-refractivity contribution in [2.24, 2.45) is 5.10 Å². The number of carbonyl (C=O) groups excluding carboxylic acids is 1. The van der Waals surface area contributed by atoms with Crippen molar-refractivity contribution in [1.29, 1.82) is 0 Å². The number of ether oxygens (including phenoxy) is 2. The SMILES string of the molecule is CCOc1cc(/C=N/NC(=O)c2nc(Cl)c(Cl)c(N)c2Cl)cc(Cl)c1OC. The fourth-order valence-electron chi connectivity index (χ4n) is 2.02. The fourth-order valence-corrected chi connectivity index (χ4v) is 2.91. The van der Waals surface area contributed by atoms with Gasteiger partial charge in [0.25, 0.3) is 5.91 Å². The Balaban J connectivity index is 2.22. The largest absolute Gasteiger partial charge is 0.491 e. The normalized spacial score (nSPS) is 10.9. The van der Waals surface area contributed by atoms with Gasteiger partial charge in [-0.3, -0.25) is 4.79 Å². The summed E-state index contributed by atoms with van der Waals surface area (Å²) < 4.78 is 10.7. The van der Waals surface area contributed by atoms with E-state index in [2.05, 4.69) is 15.5 Å². The molecular weight excluding hydrogens is 438 g/mol.